The number of nitrogens with one attached hydrogen (secondary N) is 2. The second kappa shape index (κ2) is 10.7. The molecule has 2 aromatic carbocycles. The number of hydrogen-bond donors (Lipinski definition) is 4. The summed E-state index contributed by atoms with van der Waals surface area (Å²) < 4.78 is 18.7. The quantitative estimate of drug-likeness (QED) is 0.340. The maximum Gasteiger partial charge on any atom is 0.143 e. The van der Waals surface area contributed by atoms with Gasteiger partial charge >= 0.3 is 0 Å². The second-order valence-electron chi connectivity index (χ2n) is 6.79. The first-order valence-electron chi connectivity index (χ1n) is 10.4. The van der Waals surface area contributed by atoms with Crippen molar-refractivity contribution in [3.8, 4) is 17.0 Å². The summed E-state index contributed by atoms with van der Waals surface area (Å²) >= 11 is 0. The molecule has 0 radical (unpaired) electrons. The molecule has 0 saturated carbocycles. The number of fused-ring (bicyclic) bond motifs is 1. The molecule has 0 aliphatic carbocycles. The highest BCUT2D eigenvalue weighted by Crippen LogP contribution is 2.34. The van der Waals surface area contributed by atoms with Gasteiger partial charge in [0.05, 0.1) is 37.4 Å². The number of aliphatic hydroxyl groups excluding tert-OH is 2. The van der Waals surface area contributed by atoms with Crippen molar-refractivity contribution in [3.05, 3.63) is 71.8 Å². The molecule has 0 amide bonds. The van der Waals surface area contributed by atoms with Crippen molar-refractivity contribution in [1.29, 1.82) is 0 Å². The number of H-pyrrole nitrogens is 1. The minimum Gasteiger partial charge on any atom is -0.496 e. The van der Waals surface area contributed by atoms with E-state index in [4.69, 9.17) is 4.74 Å². The largest absolute Gasteiger partial charge is 0.496 e. The number of halogens is 1. The molecule has 0 saturated heterocycles. The number of ether oxygens (including phenoxy) is 1. The lowest BCUT2D eigenvalue weighted by molar-refractivity contribution is 0.276. The molecule has 2 heterocycles. The predicted octanol–water partition coefficient (Wildman–Crippen LogP) is 4.44. The minimum atomic E-state index is -0.458. The SMILES string of the molecule is CC.COc1cc(CO)ccc1-c1cc2c(N[C@H](CO)c3ccc(F)cc3)ncnc2[nH]1. The third-order valence-electron chi connectivity index (χ3n) is 4.93. The van der Waals surface area contributed by atoms with Gasteiger partial charge in [0, 0.05) is 5.56 Å². The summed E-state index contributed by atoms with van der Waals surface area (Å²) in [7, 11) is 1.57. The molecule has 8 heteroatoms. The van der Waals surface area contributed by atoms with Crippen molar-refractivity contribution in [3.63, 3.8) is 0 Å². The number of aromatic nitrogens is 3. The van der Waals surface area contributed by atoms with Crippen LogP contribution in [-0.4, -0.2) is 38.9 Å². The number of benzene rings is 2. The van der Waals surface area contributed by atoms with Crippen LogP contribution in [-0.2, 0) is 6.61 Å². The molecule has 1 atom stereocenters. The molecule has 4 N–H and O–H groups in total. The van der Waals surface area contributed by atoms with E-state index in [9.17, 15) is 14.6 Å². The highest BCUT2D eigenvalue weighted by Gasteiger charge is 2.16. The first-order valence-corrected chi connectivity index (χ1v) is 10.4. The Labute approximate surface area is 185 Å². The van der Waals surface area contributed by atoms with E-state index in [1.54, 1.807) is 25.3 Å². The van der Waals surface area contributed by atoms with Crippen molar-refractivity contribution < 1.29 is 19.3 Å². The Morgan fingerprint density at radius 1 is 1.06 bits per heavy atom. The zero-order valence-electron chi connectivity index (χ0n) is 18.3. The van der Waals surface area contributed by atoms with E-state index in [-0.39, 0.29) is 19.0 Å². The van der Waals surface area contributed by atoms with E-state index >= 15 is 0 Å². The first-order chi connectivity index (χ1) is 15.6. The lowest BCUT2D eigenvalue weighted by atomic mass is 10.1. The molecule has 0 bridgehead atoms. The fourth-order valence-electron chi connectivity index (χ4n) is 3.35. The zero-order chi connectivity index (χ0) is 23.1. The molecule has 0 unspecified atom stereocenters. The highest BCUT2D eigenvalue weighted by molar-refractivity contribution is 5.92. The van der Waals surface area contributed by atoms with Crippen LogP contribution in [0, 0.1) is 5.82 Å². The monoisotopic (exact) mass is 438 g/mol. The van der Waals surface area contributed by atoms with E-state index in [1.165, 1.54) is 18.5 Å². The minimum absolute atomic E-state index is 0.0746. The van der Waals surface area contributed by atoms with Crippen LogP contribution in [0.2, 0.25) is 0 Å². The Hall–Kier alpha value is -3.49. The van der Waals surface area contributed by atoms with Gasteiger partial charge < -0.3 is 25.3 Å². The fourth-order valence-corrected chi connectivity index (χ4v) is 3.35. The number of hydrogen-bond acceptors (Lipinski definition) is 6. The smallest absolute Gasteiger partial charge is 0.143 e. The topological polar surface area (TPSA) is 103 Å². The standard InChI is InChI=1S/C22H21FN4O3.C2H6/c1-30-20-8-13(10-28)2-7-16(20)18-9-17-21(26-18)24-12-25-22(17)27-19(11-29)14-3-5-15(23)6-4-14;1-2/h2-9,12,19,28-29H,10-11H2,1H3,(H2,24,25,26,27);1-2H3/t19-;/m1./s1. The van der Waals surface area contributed by atoms with Crippen molar-refractivity contribution in [2.24, 2.45) is 0 Å². The van der Waals surface area contributed by atoms with E-state index in [1.807, 2.05) is 32.0 Å². The third kappa shape index (κ3) is 4.87. The Morgan fingerprint density at radius 2 is 1.81 bits per heavy atom. The summed E-state index contributed by atoms with van der Waals surface area (Å²) in [5.74, 6) is 0.822. The normalized spacial score (nSPS) is 11.6. The molecule has 4 rings (SSSR count). The van der Waals surface area contributed by atoms with Gasteiger partial charge in [-0.1, -0.05) is 32.0 Å². The van der Waals surface area contributed by atoms with E-state index in [2.05, 4.69) is 20.3 Å². The van der Waals surface area contributed by atoms with Crippen LogP contribution in [0.15, 0.2) is 54.9 Å². The molecule has 7 nitrogen and oxygen atoms in total. The van der Waals surface area contributed by atoms with Gasteiger partial charge in [-0.25, -0.2) is 14.4 Å². The van der Waals surface area contributed by atoms with Gasteiger partial charge in [0.2, 0.25) is 0 Å². The van der Waals surface area contributed by atoms with Crippen molar-refractivity contribution in [2.75, 3.05) is 19.0 Å². The van der Waals surface area contributed by atoms with E-state index in [0.29, 0.717) is 17.2 Å². The van der Waals surface area contributed by atoms with Crippen LogP contribution in [0.3, 0.4) is 0 Å². The maximum absolute atomic E-state index is 13.2. The van der Waals surface area contributed by atoms with Crippen molar-refractivity contribution in [1.82, 2.24) is 15.0 Å². The fraction of sp³-hybridized carbons (Fsp3) is 0.250. The van der Waals surface area contributed by atoms with Gasteiger partial charge in [0.1, 0.15) is 29.4 Å². The molecular weight excluding hydrogens is 411 g/mol. The molecule has 168 valence electrons. The van der Waals surface area contributed by atoms with Crippen molar-refractivity contribution >= 4 is 16.9 Å². The molecule has 4 aromatic rings. The summed E-state index contributed by atoms with van der Waals surface area (Å²) in [6, 6.07) is 12.9. The van der Waals surface area contributed by atoms with Gasteiger partial charge in [-0.3, -0.25) is 0 Å². The molecule has 0 spiro atoms. The van der Waals surface area contributed by atoms with Gasteiger partial charge in [0.25, 0.3) is 0 Å². The van der Waals surface area contributed by atoms with Crippen LogP contribution >= 0.6 is 0 Å². The Balaban J connectivity index is 0.00000141. The molecule has 32 heavy (non-hydrogen) atoms. The predicted molar refractivity (Wildman–Crippen MR) is 123 cm³/mol. The molecule has 0 fully saturated rings. The Bertz CT molecular complexity index is 1160. The van der Waals surface area contributed by atoms with Gasteiger partial charge in [-0.05, 0) is 41.5 Å². The highest BCUT2D eigenvalue weighted by atomic mass is 19.1. The average molecular weight is 439 g/mol. The second-order valence-corrected chi connectivity index (χ2v) is 6.79. The maximum atomic E-state index is 13.2. The van der Waals surface area contributed by atoms with Crippen LogP contribution in [0.25, 0.3) is 22.3 Å². The molecule has 2 aromatic heterocycles. The van der Waals surface area contributed by atoms with E-state index < -0.39 is 6.04 Å². The Morgan fingerprint density at radius 3 is 2.47 bits per heavy atom. The average Bonchev–Trinajstić information content (AvgIpc) is 3.29. The molecule has 0 aliphatic rings. The third-order valence-corrected chi connectivity index (χ3v) is 4.93. The van der Waals surface area contributed by atoms with Crippen LogP contribution < -0.4 is 10.1 Å². The lowest BCUT2D eigenvalue weighted by Crippen LogP contribution is -2.15. The lowest BCUT2D eigenvalue weighted by Gasteiger charge is -2.17. The summed E-state index contributed by atoms with van der Waals surface area (Å²) in [6.07, 6.45) is 1.43. The number of aliphatic hydroxyl groups is 2. The van der Waals surface area contributed by atoms with Crippen LogP contribution in [0.5, 0.6) is 5.75 Å². The first kappa shape index (κ1) is 23.2. The van der Waals surface area contributed by atoms with Crippen LogP contribution in [0.1, 0.15) is 31.0 Å². The van der Waals surface area contributed by atoms with Gasteiger partial charge in [0.15, 0.2) is 0 Å². The van der Waals surface area contributed by atoms with Gasteiger partial charge in [-0.2, -0.15) is 0 Å². The number of methoxy groups -OCH3 is 1. The van der Waals surface area contributed by atoms with Crippen molar-refractivity contribution in [2.45, 2.75) is 26.5 Å². The summed E-state index contributed by atoms with van der Waals surface area (Å²) in [5.41, 5.74) is 3.70. The number of rotatable bonds is 7. The number of anilines is 1. The molecular formula is C24H27FN4O3. The van der Waals surface area contributed by atoms with Crippen LogP contribution in [0.4, 0.5) is 10.2 Å². The zero-order valence-corrected chi connectivity index (χ0v) is 18.3. The molecule has 0 aliphatic heterocycles. The Kier molecular flexibility index (Phi) is 7.75. The number of nitrogens with zero attached hydrogens (tertiary/aromatic N) is 2. The van der Waals surface area contributed by atoms with E-state index in [0.717, 1.165) is 27.8 Å². The summed E-state index contributed by atoms with van der Waals surface area (Å²) in [6.45, 7) is 3.74. The number of aromatic amines is 1. The van der Waals surface area contributed by atoms with Gasteiger partial charge in [-0.15, -0.1) is 0 Å². The summed E-state index contributed by atoms with van der Waals surface area (Å²) in [4.78, 5) is 11.9. The summed E-state index contributed by atoms with van der Waals surface area (Å²) in [5, 5.41) is 23.1.